The highest BCUT2D eigenvalue weighted by atomic mass is 16.5. The Balaban J connectivity index is 1.92. The Morgan fingerprint density at radius 3 is 2.40 bits per heavy atom. The monoisotopic (exact) mass is 215 g/mol. The van der Waals surface area contributed by atoms with Gasteiger partial charge in [-0.25, -0.2) is 0 Å². The highest BCUT2D eigenvalue weighted by Crippen LogP contribution is 2.23. The van der Waals surface area contributed by atoms with E-state index in [0.29, 0.717) is 6.61 Å². The van der Waals surface area contributed by atoms with Crippen LogP contribution in [0.1, 0.15) is 13.3 Å². The maximum atomic E-state index is 11.9. The first-order valence-corrected chi connectivity index (χ1v) is 5.34. The molecular formula is C10H17NO4. The zero-order chi connectivity index (χ0) is 11.0. The van der Waals surface area contributed by atoms with Crippen molar-refractivity contribution in [1.29, 1.82) is 0 Å². The van der Waals surface area contributed by atoms with Crippen molar-refractivity contribution >= 4 is 5.91 Å². The molecule has 0 aromatic carbocycles. The van der Waals surface area contributed by atoms with Gasteiger partial charge in [-0.2, -0.15) is 0 Å². The smallest absolute Gasteiger partial charge is 0.228 e. The number of ether oxygens (including phenoxy) is 1. The van der Waals surface area contributed by atoms with Gasteiger partial charge in [0, 0.05) is 13.1 Å². The number of rotatable bonds is 1. The zero-order valence-corrected chi connectivity index (χ0v) is 8.80. The van der Waals surface area contributed by atoms with Crippen molar-refractivity contribution in [3.05, 3.63) is 0 Å². The van der Waals surface area contributed by atoms with Crippen LogP contribution in [0.15, 0.2) is 0 Å². The fourth-order valence-corrected chi connectivity index (χ4v) is 2.20. The lowest BCUT2D eigenvalue weighted by molar-refractivity contribution is -0.134. The van der Waals surface area contributed by atoms with Crippen LogP contribution in [0.5, 0.6) is 0 Å². The second-order valence-electron chi connectivity index (χ2n) is 4.45. The van der Waals surface area contributed by atoms with Crippen molar-refractivity contribution < 1.29 is 19.7 Å². The van der Waals surface area contributed by atoms with Crippen LogP contribution in [0.2, 0.25) is 0 Å². The summed E-state index contributed by atoms with van der Waals surface area (Å²) < 4.78 is 5.33. The molecule has 2 rings (SSSR count). The van der Waals surface area contributed by atoms with Crippen LogP contribution in [-0.4, -0.2) is 59.0 Å². The van der Waals surface area contributed by atoms with Crippen LogP contribution in [0.3, 0.4) is 0 Å². The number of nitrogens with zero attached hydrogens (tertiary/aromatic N) is 1. The Kier molecular flexibility index (Phi) is 2.95. The summed E-state index contributed by atoms with van der Waals surface area (Å²) >= 11 is 0. The number of hydrogen-bond donors (Lipinski definition) is 2. The lowest BCUT2D eigenvalue weighted by atomic mass is 10.1. The van der Waals surface area contributed by atoms with Gasteiger partial charge in [-0.3, -0.25) is 4.79 Å². The van der Waals surface area contributed by atoms with Crippen LogP contribution in [0, 0.1) is 5.92 Å². The molecule has 4 unspecified atom stereocenters. The number of aliphatic hydroxyl groups excluding tert-OH is 2. The van der Waals surface area contributed by atoms with Crippen molar-refractivity contribution in [2.75, 3.05) is 19.7 Å². The molecule has 0 bridgehead atoms. The van der Waals surface area contributed by atoms with Gasteiger partial charge in [0.25, 0.3) is 0 Å². The van der Waals surface area contributed by atoms with Crippen molar-refractivity contribution in [1.82, 2.24) is 4.90 Å². The van der Waals surface area contributed by atoms with Crippen LogP contribution >= 0.6 is 0 Å². The van der Waals surface area contributed by atoms with E-state index >= 15 is 0 Å². The number of β-amino-alcohol motifs (C(OH)–C–C–N with tert-alkyl or cyclic N) is 2. The highest BCUT2D eigenvalue weighted by molar-refractivity contribution is 5.79. The van der Waals surface area contributed by atoms with Crippen LogP contribution in [-0.2, 0) is 9.53 Å². The summed E-state index contributed by atoms with van der Waals surface area (Å²) in [6.07, 6.45) is -0.722. The predicted molar refractivity (Wildman–Crippen MR) is 52.1 cm³/mol. The van der Waals surface area contributed by atoms with Crippen molar-refractivity contribution in [3.63, 3.8) is 0 Å². The maximum absolute atomic E-state index is 11.9. The minimum atomic E-state index is -0.798. The number of amides is 1. The molecule has 5 nitrogen and oxygen atoms in total. The summed E-state index contributed by atoms with van der Waals surface area (Å²) in [6.45, 7) is 2.89. The second kappa shape index (κ2) is 4.08. The van der Waals surface area contributed by atoms with Crippen LogP contribution in [0.25, 0.3) is 0 Å². The van der Waals surface area contributed by atoms with Crippen molar-refractivity contribution in [2.24, 2.45) is 5.92 Å². The van der Waals surface area contributed by atoms with Gasteiger partial charge >= 0.3 is 0 Å². The third-order valence-corrected chi connectivity index (χ3v) is 3.12. The number of hydrogen-bond acceptors (Lipinski definition) is 4. The minimum absolute atomic E-state index is 0.00468. The Morgan fingerprint density at radius 1 is 1.33 bits per heavy atom. The summed E-state index contributed by atoms with van der Waals surface area (Å²) in [5.41, 5.74) is 0. The van der Waals surface area contributed by atoms with E-state index in [2.05, 4.69) is 0 Å². The van der Waals surface area contributed by atoms with Gasteiger partial charge in [0.1, 0.15) is 0 Å². The van der Waals surface area contributed by atoms with Gasteiger partial charge in [-0.1, -0.05) is 0 Å². The average Bonchev–Trinajstić information content (AvgIpc) is 2.74. The minimum Gasteiger partial charge on any atom is -0.388 e. The van der Waals surface area contributed by atoms with E-state index in [1.54, 1.807) is 0 Å². The summed E-state index contributed by atoms with van der Waals surface area (Å²) in [5, 5.41) is 18.7. The lowest BCUT2D eigenvalue weighted by Gasteiger charge is -2.18. The Bertz CT molecular complexity index is 248. The van der Waals surface area contributed by atoms with Gasteiger partial charge in [0.2, 0.25) is 5.91 Å². The van der Waals surface area contributed by atoms with Gasteiger partial charge in [-0.05, 0) is 13.3 Å². The third-order valence-electron chi connectivity index (χ3n) is 3.12. The molecule has 0 aromatic rings. The molecule has 2 aliphatic heterocycles. The molecule has 0 saturated carbocycles. The highest BCUT2D eigenvalue weighted by Gasteiger charge is 2.37. The van der Waals surface area contributed by atoms with Gasteiger partial charge < -0.3 is 19.8 Å². The quantitative estimate of drug-likeness (QED) is 0.587. The van der Waals surface area contributed by atoms with E-state index in [1.165, 1.54) is 4.90 Å². The van der Waals surface area contributed by atoms with E-state index < -0.39 is 12.2 Å². The van der Waals surface area contributed by atoms with E-state index in [-0.39, 0.29) is 31.0 Å². The Hall–Kier alpha value is -0.650. The average molecular weight is 215 g/mol. The predicted octanol–water partition coefficient (Wildman–Crippen LogP) is -1.02. The number of likely N-dealkylation sites (tertiary alicyclic amines) is 1. The normalized spacial score (nSPS) is 41.1. The summed E-state index contributed by atoms with van der Waals surface area (Å²) in [6, 6.07) is 0. The molecule has 0 aromatic heterocycles. The molecule has 0 aliphatic carbocycles. The summed E-state index contributed by atoms with van der Waals surface area (Å²) in [5.74, 6) is -0.104. The molecule has 2 heterocycles. The third kappa shape index (κ3) is 2.14. The fraction of sp³-hybridized carbons (Fsp3) is 0.900. The molecular weight excluding hydrogens is 198 g/mol. The first-order valence-electron chi connectivity index (χ1n) is 5.34. The van der Waals surface area contributed by atoms with Crippen molar-refractivity contribution in [2.45, 2.75) is 31.7 Å². The van der Waals surface area contributed by atoms with E-state index in [1.807, 2.05) is 6.92 Å². The molecule has 2 aliphatic rings. The molecule has 15 heavy (non-hydrogen) atoms. The number of carbonyl (C=O) groups excluding carboxylic acids is 1. The van der Waals surface area contributed by atoms with E-state index in [4.69, 9.17) is 4.74 Å². The Morgan fingerprint density at radius 2 is 1.93 bits per heavy atom. The first kappa shape index (κ1) is 10.9. The molecule has 2 saturated heterocycles. The molecule has 5 heteroatoms. The van der Waals surface area contributed by atoms with Gasteiger partial charge in [0.15, 0.2) is 0 Å². The maximum Gasteiger partial charge on any atom is 0.228 e. The number of carbonyl (C=O) groups is 1. The second-order valence-corrected chi connectivity index (χ2v) is 4.45. The molecule has 86 valence electrons. The molecule has 2 fully saturated rings. The topological polar surface area (TPSA) is 70.0 Å². The van der Waals surface area contributed by atoms with Gasteiger partial charge in [-0.15, -0.1) is 0 Å². The molecule has 0 radical (unpaired) electrons. The molecule has 0 spiro atoms. The Labute approximate surface area is 88.6 Å². The molecule has 4 atom stereocenters. The molecule has 1 amide bonds. The number of aliphatic hydroxyl groups is 2. The fourth-order valence-electron chi connectivity index (χ4n) is 2.20. The summed E-state index contributed by atoms with van der Waals surface area (Å²) in [4.78, 5) is 13.4. The van der Waals surface area contributed by atoms with Crippen molar-refractivity contribution in [3.8, 4) is 0 Å². The SMILES string of the molecule is CC1CC(C(=O)N2CC(O)C(O)C2)CO1. The van der Waals surface area contributed by atoms with E-state index in [0.717, 1.165) is 6.42 Å². The van der Waals surface area contributed by atoms with Crippen LogP contribution in [0.4, 0.5) is 0 Å². The van der Waals surface area contributed by atoms with Gasteiger partial charge in [0.05, 0.1) is 30.8 Å². The lowest BCUT2D eigenvalue weighted by Crippen LogP contribution is -2.35. The largest absolute Gasteiger partial charge is 0.388 e. The van der Waals surface area contributed by atoms with Crippen LogP contribution < -0.4 is 0 Å². The zero-order valence-electron chi connectivity index (χ0n) is 8.80. The summed E-state index contributed by atoms with van der Waals surface area (Å²) in [7, 11) is 0. The standard InChI is InChI=1S/C10H17NO4/c1-6-2-7(5-15-6)10(14)11-3-8(12)9(13)4-11/h6-9,12-13H,2-5H2,1H3. The first-order chi connectivity index (χ1) is 7.08. The van der Waals surface area contributed by atoms with E-state index in [9.17, 15) is 15.0 Å². The molecule has 2 N–H and O–H groups in total.